The maximum atomic E-state index is 14.2. The number of nitrogens with zero attached hydrogens (tertiary/aromatic N) is 4. The van der Waals surface area contributed by atoms with E-state index in [0.29, 0.717) is 0 Å². The Balaban J connectivity index is 1.23. The SMILES string of the molecule is N[C@H]1C[C@@H](n2ncc(N3CCC(O)(C(=O)NCc4cc(Cl)cc(Cl)c4F)C3=O)n2)CO[C@@H]1c1cc(F)ccc1F. The van der Waals surface area contributed by atoms with Crippen LogP contribution in [0.25, 0.3) is 0 Å². The number of hydrogen-bond donors (Lipinski definition) is 3. The summed E-state index contributed by atoms with van der Waals surface area (Å²) in [4.78, 5) is 28.2. The van der Waals surface area contributed by atoms with Crippen LogP contribution >= 0.6 is 23.2 Å². The highest BCUT2D eigenvalue weighted by atomic mass is 35.5. The van der Waals surface area contributed by atoms with Crippen LogP contribution in [-0.2, 0) is 20.9 Å². The molecule has 2 aliphatic rings. The topological polar surface area (TPSA) is 136 Å². The lowest BCUT2D eigenvalue weighted by Crippen LogP contribution is -2.52. The maximum Gasteiger partial charge on any atom is 0.270 e. The molecule has 0 spiro atoms. The molecular weight excluding hydrogens is 576 g/mol. The normalized spacial score (nSPS) is 24.9. The fourth-order valence-corrected chi connectivity index (χ4v) is 5.35. The number of anilines is 1. The second kappa shape index (κ2) is 11.0. The summed E-state index contributed by atoms with van der Waals surface area (Å²) in [6.45, 7) is -0.369. The molecule has 0 bridgehead atoms. The molecule has 0 saturated carbocycles. The van der Waals surface area contributed by atoms with Crippen LogP contribution in [0.3, 0.4) is 0 Å². The van der Waals surface area contributed by atoms with Gasteiger partial charge in [0.15, 0.2) is 5.82 Å². The molecule has 1 unspecified atom stereocenters. The van der Waals surface area contributed by atoms with Crippen LogP contribution in [0.5, 0.6) is 0 Å². The fourth-order valence-electron chi connectivity index (χ4n) is 4.82. The molecule has 10 nitrogen and oxygen atoms in total. The van der Waals surface area contributed by atoms with Crippen LogP contribution in [0.15, 0.2) is 36.5 Å². The van der Waals surface area contributed by atoms with Crippen molar-refractivity contribution in [3.63, 3.8) is 0 Å². The molecule has 3 aromatic rings. The number of nitrogens with one attached hydrogen (secondary N) is 1. The average Bonchev–Trinajstić information content (AvgIpc) is 3.52. The molecule has 0 aliphatic carbocycles. The third-order valence-electron chi connectivity index (χ3n) is 6.94. The van der Waals surface area contributed by atoms with E-state index in [1.165, 1.54) is 23.1 Å². The number of aliphatic hydroxyl groups is 1. The molecule has 2 amide bonds. The van der Waals surface area contributed by atoms with Crippen LogP contribution < -0.4 is 16.0 Å². The predicted octanol–water partition coefficient (Wildman–Crippen LogP) is 2.82. The van der Waals surface area contributed by atoms with Crippen molar-refractivity contribution in [2.24, 2.45) is 5.73 Å². The molecule has 3 heterocycles. The van der Waals surface area contributed by atoms with Crippen LogP contribution in [0.1, 0.15) is 36.1 Å². The summed E-state index contributed by atoms with van der Waals surface area (Å²) >= 11 is 11.7. The molecule has 2 fully saturated rings. The first-order valence-corrected chi connectivity index (χ1v) is 12.9. The molecule has 0 radical (unpaired) electrons. The molecule has 2 saturated heterocycles. The second-order valence-electron chi connectivity index (χ2n) is 9.61. The number of hydrogen-bond acceptors (Lipinski definition) is 7. The van der Waals surface area contributed by atoms with Crippen molar-refractivity contribution in [3.05, 3.63) is 75.2 Å². The minimum atomic E-state index is -2.42. The molecule has 40 heavy (non-hydrogen) atoms. The highest BCUT2D eigenvalue weighted by Crippen LogP contribution is 2.34. The average molecular weight is 599 g/mol. The van der Waals surface area contributed by atoms with Crippen LogP contribution in [0.4, 0.5) is 19.0 Å². The van der Waals surface area contributed by atoms with Crippen molar-refractivity contribution in [2.75, 3.05) is 18.1 Å². The third kappa shape index (κ3) is 5.27. The van der Waals surface area contributed by atoms with Crippen LogP contribution in [-0.4, -0.2) is 56.7 Å². The lowest BCUT2D eigenvalue weighted by molar-refractivity contribution is -0.149. The molecule has 4 N–H and O–H groups in total. The number of benzene rings is 2. The minimum absolute atomic E-state index is 0.0153. The van der Waals surface area contributed by atoms with Crippen molar-refractivity contribution in [1.82, 2.24) is 20.3 Å². The first-order chi connectivity index (χ1) is 19.0. The zero-order chi connectivity index (χ0) is 28.8. The zero-order valence-electron chi connectivity index (χ0n) is 20.7. The molecule has 5 rings (SSSR count). The van der Waals surface area contributed by atoms with Gasteiger partial charge in [-0.3, -0.25) is 14.5 Å². The van der Waals surface area contributed by atoms with Gasteiger partial charge in [-0.05, 0) is 36.8 Å². The quantitative estimate of drug-likeness (QED) is 0.293. The fraction of sp³-hybridized carbons (Fsp3) is 0.360. The van der Waals surface area contributed by atoms with Gasteiger partial charge in [0, 0.05) is 41.7 Å². The van der Waals surface area contributed by atoms with Gasteiger partial charge in [-0.1, -0.05) is 23.2 Å². The summed E-state index contributed by atoms with van der Waals surface area (Å²) in [5.41, 5.74) is 3.79. The van der Waals surface area contributed by atoms with Gasteiger partial charge in [-0.15, -0.1) is 5.10 Å². The van der Waals surface area contributed by atoms with Crippen molar-refractivity contribution >= 4 is 40.8 Å². The Bertz CT molecular complexity index is 1480. The van der Waals surface area contributed by atoms with E-state index in [1.807, 2.05) is 0 Å². The largest absolute Gasteiger partial charge is 0.372 e. The highest BCUT2D eigenvalue weighted by molar-refractivity contribution is 6.34. The number of carbonyl (C=O) groups is 2. The van der Waals surface area contributed by atoms with Gasteiger partial charge < -0.3 is 20.9 Å². The molecule has 2 aliphatic heterocycles. The van der Waals surface area contributed by atoms with E-state index >= 15 is 0 Å². The number of ether oxygens (including phenoxy) is 1. The van der Waals surface area contributed by atoms with E-state index in [0.717, 1.165) is 23.1 Å². The zero-order valence-corrected chi connectivity index (χ0v) is 22.2. The number of halogens is 5. The van der Waals surface area contributed by atoms with E-state index in [9.17, 15) is 27.9 Å². The van der Waals surface area contributed by atoms with Gasteiger partial charge >= 0.3 is 0 Å². The molecule has 2 aromatic carbocycles. The van der Waals surface area contributed by atoms with Gasteiger partial charge in [0.1, 0.15) is 23.6 Å². The molecule has 4 atom stereocenters. The molecule has 15 heteroatoms. The molecular formula is C25H23Cl2F3N6O4. The van der Waals surface area contributed by atoms with Gasteiger partial charge in [0.25, 0.3) is 11.8 Å². The van der Waals surface area contributed by atoms with Crippen LogP contribution in [0.2, 0.25) is 10.0 Å². The van der Waals surface area contributed by atoms with E-state index in [4.69, 9.17) is 33.7 Å². The number of amides is 2. The Labute approximate surface area is 235 Å². The van der Waals surface area contributed by atoms with E-state index < -0.39 is 53.1 Å². The van der Waals surface area contributed by atoms with Crippen LogP contribution in [0, 0.1) is 17.5 Å². The van der Waals surface area contributed by atoms with E-state index in [1.54, 1.807) is 0 Å². The number of aromatic nitrogens is 3. The van der Waals surface area contributed by atoms with Crippen molar-refractivity contribution in [3.8, 4) is 0 Å². The first-order valence-electron chi connectivity index (χ1n) is 12.2. The van der Waals surface area contributed by atoms with Gasteiger partial charge in [0.2, 0.25) is 5.60 Å². The Morgan fingerprint density at radius 3 is 2.77 bits per heavy atom. The summed E-state index contributed by atoms with van der Waals surface area (Å²) in [6, 6.07) is 4.35. The van der Waals surface area contributed by atoms with Crippen molar-refractivity contribution < 1.29 is 32.6 Å². The monoisotopic (exact) mass is 598 g/mol. The van der Waals surface area contributed by atoms with E-state index in [2.05, 4.69) is 15.5 Å². The lowest BCUT2D eigenvalue weighted by atomic mass is 9.94. The summed E-state index contributed by atoms with van der Waals surface area (Å²) in [5, 5.41) is 21.6. The van der Waals surface area contributed by atoms with Gasteiger partial charge in [-0.25, -0.2) is 13.2 Å². The van der Waals surface area contributed by atoms with Gasteiger partial charge in [0.05, 0.1) is 23.9 Å². The number of rotatable bonds is 6. The standard InChI is InChI=1S/C25H23Cl2F3N6O4/c26-13-5-12(21(30)17(27)6-13)9-32-23(37)25(39)3-4-35(24(25)38)20-10-33-36(34-20)15-8-19(31)22(40-11-15)16-7-14(28)1-2-18(16)29/h1-2,5-7,10,15,19,22,39H,3-4,8-9,11,31H2,(H,32,37)/t15-,19+,22-,25?/m1/s1. The van der Waals surface area contributed by atoms with E-state index in [-0.39, 0.29) is 59.5 Å². The second-order valence-corrected chi connectivity index (χ2v) is 10.5. The summed E-state index contributed by atoms with van der Waals surface area (Å²) in [6.07, 6.45) is 0.433. The minimum Gasteiger partial charge on any atom is -0.372 e. The summed E-state index contributed by atoms with van der Waals surface area (Å²) in [7, 11) is 0. The first kappa shape index (κ1) is 28.3. The van der Waals surface area contributed by atoms with Crippen molar-refractivity contribution in [2.45, 2.75) is 43.2 Å². The lowest BCUT2D eigenvalue weighted by Gasteiger charge is -2.34. The van der Waals surface area contributed by atoms with Gasteiger partial charge in [-0.2, -0.15) is 9.90 Å². The maximum absolute atomic E-state index is 14.2. The summed E-state index contributed by atoms with van der Waals surface area (Å²) in [5.74, 6) is -3.91. The summed E-state index contributed by atoms with van der Waals surface area (Å²) < 4.78 is 47.8. The highest BCUT2D eigenvalue weighted by Gasteiger charge is 2.52. The Morgan fingerprint density at radius 2 is 2.02 bits per heavy atom. The molecule has 212 valence electrons. The molecule has 1 aromatic heterocycles. The third-order valence-corrected chi connectivity index (χ3v) is 7.44. The predicted molar refractivity (Wildman–Crippen MR) is 137 cm³/mol. The smallest absolute Gasteiger partial charge is 0.270 e. The van der Waals surface area contributed by atoms with Crippen molar-refractivity contribution in [1.29, 1.82) is 0 Å². The Morgan fingerprint density at radius 1 is 1.25 bits per heavy atom. The number of nitrogens with two attached hydrogens (primary N) is 1. The number of carbonyl (C=O) groups excluding carboxylic acids is 2. The Kier molecular flexibility index (Phi) is 7.77. The Hall–Kier alpha value is -3.23.